The number of halogens is 1. The molecule has 0 saturated carbocycles. The Morgan fingerprint density at radius 2 is 1.91 bits per heavy atom. The fraction of sp³-hybridized carbons (Fsp3) is 0.250. The van der Waals surface area contributed by atoms with E-state index >= 15 is 0 Å². The molecular weight excluding hydrogens is 430 g/mol. The first-order chi connectivity index (χ1) is 15.5. The van der Waals surface area contributed by atoms with Gasteiger partial charge in [-0.2, -0.15) is 0 Å². The maximum atomic E-state index is 12.7. The Bertz CT molecular complexity index is 1200. The number of rotatable bonds is 7. The van der Waals surface area contributed by atoms with E-state index in [1.165, 1.54) is 4.90 Å². The van der Waals surface area contributed by atoms with Crippen LogP contribution in [0.3, 0.4) is 0 Å². The van der Waals surface area contributed by atoms with Gasteiger partial charge < -0.3 is 24.3 Å². The minimum Gasteiger partial charge on any atom is -0.493 e. The summed E-state index contributed by atoms with van der Waals surface area (Å²) >= 11 is 6.09. The number of hydrogen-bond acceptors (Lipinski definition) is 4. The first-order valence-electron chi connectivity index (χ1n) is 10.2. The molecule has 4 rings (SSSR count). The lowest BCUT2D eigenvalue weighted by atomic mass is 10.0. The number of nitrogens with one attached hydrogen (secondary N) is 1. The van der Waals surface area contributed by atoms with Gasteiger partial charge in [0, 0.05) is 36.0 Å². The van der Waals surface area contributed by atoms with Gasteiger partial charge in [0.15, 0.2) is 11.5 Å². The van der Waals surface area contributed by atoms with Gasteiger partial charge in [0.1, 0.15) is 6.54 Å². The van der Waals surface area contributed by atoms with Crippen molar-refractivity contribution >= 4 is 40.4 Å². The van der Waals surface area contributed by atoms with Gasteiger partial charge in [-0.1, -0.05) is 17.7 Å². The van der Waals surface area contributed by atoms with Crippen molar-refractivity contribution in [2.45, 2.75) is 13.0 Å². The SMILES string of the molecule is COc1cc2c(cc1OC)CC(=O)N(CC(=O)NCCn1ccc3ccc(Cl)cc31)C=C2. The van der Waals surface area contributed by atoms with Gasteiger partial charge in [-0.25, -0.2) is 0 Å². The van der Waals surface area contributed by atoms with Crippen LogP contribution in [0.2, 0.25) is 5.02 Å². The zero-order chi connectivity index (χ0) is 22.7. The van der Waals surface area contributed by atoms with Crippen LogP contribution in [0.4, 0.5) is 0 Å². The quantitative estimate of drug-likeness (QED) is 0.594. The fourth-order valence-corrected chi connectivity index (χ4v) is 3.95. The summed E-state index contributed by atoms with van der Waals surface area (Å²) < 4.78 is 12.7. The molecule has 2 amide bonds. The Hall–Kier alpha value is -3.45. The normalized spacial score (nSPS) is 13.1. The van der Waals surface area contributed by atoms with Gasteiger partial charge in [-0.15, -0.1) is 0 Å². The number of carbonyl (C=O) groups excluding carboxylic acids is 2. The van der Waals surface area contributed by atoms with Crippen LogP contribution in [-0.2, 0) is 22.6 Å². The second-order valence-electron chi connectivity index (χ2n) is 7.48. The van der Waals surface area contributed by atoms with Crippen molar-refractivity contribution in [1.82, 2.24) is 14.8 Å². The van der Waals surface area contributed by atoms with Crippen molar-refractivity contribution in [1.29, 1.82) is 0 Å². The van der Waals surface area contributed by atoms with E-state index in [-0.39, 0.29) is 24.8 Å². The molecule has 1 N–H and O–H groups in total. The molecule has 0 saturated heterocycles. The molecule has 32 heavy (non-hydrogen) atoms. The smallest absolute Gasteiger partial charge is 0.240 e. The molecule has 0 atom stereocenters. The van der Waals surface area contributed by atoms with Crippen molar-refractivity contribution in [3.63, 3.8) is 0 Å². The van der Waals surface area contributed by atoms with Crippen LogP contribution < -0.4 is 14.8 Å². The predicted octanol–water partition coefficient (Wildman–Crippen LogP) is 3.48. The predicted molar refractivity (Wildman–Crippen MR) is 124 cm³/mol. The molecule has 2 aromatic carbocycles. The van der Waals surface area contributed by atoms with E-state index < -0.39 is 0 Å². The van der Waals surface area contributed by atoms with Gasteiger partial charge in [0.05, 0.1) is 20.6 Å². The lowest BCUT2D eigenvalue weighted by molar-refractivity contribution is -0.132. The first-order valence-corrected chi connectivity index (χ1v) is 10.6. The molecule has 0 spiro atoms. The molecule has 1 aliphatic heterocycles. The minimum atomic E-state index is -0.224. The molecule has 0 unspecified atom stereocenters. The monoisotopic (exact) mass is 453 g/mol. The van der Waals surface area contributed by atoms with Gasteiger partial charge in [-0.05, 0) is 52.9 Å². The van der Waals surface area contributed by atoms with Gasteiger partial charge in [0.2, 0.25) is 11.8 Å². The summed E-state index contributed by atoms with van der Waals surface area (Å²) in [6, 6.07) is 11.4. The topological polar surface area (TPSA) is 72.8 Å². The summed E-state index contributed by atoms with van der Waals surface area (Å²) in [5.74, 6) is 0.776. The van der Waals surface area contributed by atoms with Crippen LogP contribution in [0.15, 0.2) is 48.8 Å². The average molecular weight is 454 g/mol. The molecule has 2 heterocycles. The zero-order valence-corrected chi connectivity index (χ0v) is 18.7. The van der Waals surface area contributed by atoms with Crippen LogP contribution in [0.5, 0.6) is 11.5 Å². The van der Waals surface area contributed by atoms with Crippen molar-refractivity contribution in [2.24, 2.45) is 0 Å². The molecular formula is C24H24ClN3O4. The highest BCUT2D eigenvalue weighted by Gasteiger charge is 2.21. The van der Waals surface area contributed by atoms with Crippen molar-refractivity contribution < 1.29 is 19.1 Å². The number of ether oxygens (including phenoxy) is 2. The third-order valence-electron chi connectivity index (χ3n) is 5.47. The van der Waals surface area contributed by atoms with Crippen molar-refractivity contribution in [3.8, 4) is 11.5 Å². The number of aromatic nitrogens is 1. The highest BCUT2D eigenvalue weighted by molar-refractivity contribution is 6.31. The number of amides is 2. The molecule has 7 nitrogen and oxygen atoms in total. The Kier molecular flexibility index (Phi) is 6.37. The molecule has 1 aliphatic rings. The number of hydrogen-bond donors (Lipinski definition) is 1. The lowest BCUT2D eigenvalue weighted by Gasteiger charge is -2.17. The average Bonchev–Trinajstić information content (AvgIpc) is 3.11. The van der Waals surface area contributed by atoms with Crippen LogP contribution in [0, 0.1) is 0 Å². The summed E-state index contributed by atoms with van der Waals surface area (Å²) in [5.41, 5.74) is 2.70. The van der Waals surface area contributed by atoms with E-state index in [9.17, 15) is 9.59 Å². The van der Waals surface area contributed by atoms with E-state index in [0.717, 1.165) is 22.0 Å². The maximum Gasteiger partial charge on any atom is 0.240 e. The number of nitrogens with zero attached hydrogens (tertiary/aromatic N) is 2. The molecule has 0 bridgehead atoms. The zero-order valence-electron chi connectivity index (χ0n) is 17.9. The van der Waals surface area contributed by atoms with Crippen LogP contribution in [0.25, 0.3) is 17.0 Å². The second-order valence-corrected chi connectivity index (χ2v) is 7.92. The standard InChI is InChI=1S/C24H24ClN3O4/c1-31-21-11-17-6-9-28(24(30)13-18(17)12-22(21)32-2)15-23(29)26-7-10-27-8-5-16-3-4-19(25)14-20(16)27/h3-6,8-9,11-12,14H,7,10,13,15H2,1-2H3,(H,26,29). The highest BCUT2D eigenvalue weighted by atomic mass is 35.5. The summed E-state index contributed by atoms with van der Waals surface area (Å²) in [6.07, 6.45) is 5.59. The van der Waals surface area contributed by atoms with Crippen LogP contribution in [-0.4, -0.2) is 48.6 Å². The third kappa shape index (κ3) is 4.57. The minimum absolute atomic E-state index is 0.0458. The number of carbonyl (C=O) groups is 2. The summed E-state index contributed by atoms with van der Waals surface area (Å²) in [4.78, 5) is 26.6. The Morgan fingerprint density at radius 1 is 1.12 bits per heavy atom. The molecule has 0 fully saturated rings. The summed E-state index contributed by atoms with van der Waals surface area (Å²) in [5, 5.41) is 4.65. The van der Waals surface area contributed by atoms with Gasteiger partial charge in [-0.3, -0.25) is 9.59 Å². The molecule has 3 aromatic rings. The van der Waals surface area contributed by atoms with E-state index in [2.05, 4.69) is 5.32 Å². The Labute approximate surface area is 191 Å². The summed E-state index contributed by atoms with van der Waals surface area (Å²) in [7, 11) is 3.12. The van der Waals surface area contributed by atoms with E-state index in [1.807, 2.05) is 47.2 Å². The highest BCUT2D eigenvalue weighted by Crippen LogP contribution is 2.32. The molecule has 0 aliphatic carbocycles. The second kappa shape index (κ2) is 9.36. The van der Waals surface area contributed by atoms with Gasteiger partial charge >= 0.3 is 0 Å². The number of benzene rings is 2. The number of fused-ring (bicyclic) bond motifs is 2. The fourth-order valence-electron chi connectivity index (χ4n) is 3.78. The van der Waals surface area contributed by atoms with Crippen molar-refractivity contribution in [3.05, 3.63) is 64.9 Å². The Balaban J connectivity index is 1.36. The largest absolute Gasteiger partial charge is 0.493 e. The van der Waals surface area contributed by atoms with Gasteiger partial charge in [0.25, 0.3) is 0 Å². The van der Waals surface area contributed by atoms with E-state index in [0.29, 0.717) is 29.6 Å². The number of methoxy groups -OCH3 is 2. The van der Waals surface area contributed by atoms with E-state index in [4.69, 9.17) is 21.1 Å². The third-order valence-corrected chi connectivity index (χ3v) is 5.70. The van der Waals surface area contributed by atoms with Crippen molar-refractivity contribution in [2.75, 3.05) is 27.3 Å². The summed E-state index contributed by atoms with van der Waals surface area (Å²) in [6.45, 7) is 0.996. The Morgan fingerprint density at radius 3 is 2.69 bits per heavy atom. The lowest BCUT2D eigenvalue weighted by Crippen LogP contribution is -2.39. The van der Waals surface area contributed by atoms with Crippen LogP contribution in [0.1, 0.15) is 11.1 Å². The maximum absolute atomic E-state index is 12.7. The molecule has 1 aromatic heterocycles. The molecule has 166 valence electrons. The van der Waals surface area contributed by atoms with Crippen LogP contribution >= 0.6 is 11.6 Å². The molecule has 8 heteroatoms. The first kappa shape index (κ1) is 21.8. The van der Waals surface area contributed by atoms with E-state index in [1.54, 1.807) is 26.5 Å². The molecule has 0 radical (unpaired) electrons.